The van der Waals surface area contributed by atoms with Gasteiger partial charge < -0.3 is 25.0 Å². The van der Waals surface area contributed by atoms with Gasteiger partial charge >= 0.3 is 5.97 Å². The number of piperidine rings is 1. The molecule has 0 bridgehead atoms. The van der Waals surface area contributed by atoms with Crippen LogP contribution >= 0.6 is 15.9 Å². The minimum absolute atomic E-state index is 0.122. The van der Waals surface area contributed by atoms with Gasteiger partial charge in [-0.2, -0.15) is 0 Å². The Bertz CT molecular complexity index is 1390. The van der Waals surface area contributed by atoms with Crippen LogP contribution < -0.4 is 10.2 Å². The number of aromatic carboxylic acids is 1. The van der Waals surface area contributed by atoms with Gasteiger partial charge in [-0.3, -0.25) is 14.6 Å². The van der Waals surface area contributed by atoms with E-state index in [0.29, 0.717) is 28.7 Å². The van der Waals surface area contributed by atoms with Gasteiger partial charge in [0.1, 0.15) is 6.04 Å². The van der Waals surface area contributed by atoms with Crippen molar-refractivity contribution in [2.45, 2.75) is 31.4 Å². The molecule has 1 saturated heterocycles. The predicted molar refractivity (Wildman–Crippen MR) is 150 cm³/mol. The number of anilines is 2. The van der Waals surface area contributed by atoms with Gasteiger partial charge in [0.15, 0.2) is 0 Å². The molecule has 5 rings (SSSR count). The number of nitrogens with zero attached hydrogens (tertiary/aromatic N) is 3. The fourth-order valence-corrected chi connectivity index (χ4v) is 5.75. The van der Waals surface area contributed by atoms with E-state index in [0.717, 1.165) is 42.7 Å². The van der Waals surface area contributed by atoms with Crippen LogP contribution in [0.15, 0.2) is 65.4 Å². The third-order valence-electron chi connectivity index (χ3n) is 7.37. The van der Waals surface area contributed by atoms with Gasteiger partial charge in [0.05, 0.1) is 17.2 Å². The zero-order valence-corrected chi connectivity index (χ0v) is 23.1. The van der Waals surface area contributed by atoms with Crippen molar-refractivity contribution in [1.82, 2.24) is 9.88 Å². The largest absolute Gasteiger partial charge is 0.478 e. The summed E-state index contributed by atoms with van der Waals surface area (Å²) in [5, 5.41) is 12.1. The summed E-state index contributed by atoms with van der Waals surface area (Å²) in [4.78, 5) is 46.9. The molecular formula is C29H29BrN4O5. The van der Waals surface area contributed by atoms with Gasteiger partial charge in [-0.1, -0.05) is 12.1 Å². The van der Waals surface area contributed by atoms with E-state index in [2.05, 4.69) is 37.2 Å². The van der Waals surface area contributed by atoms with Crippen molar-refractivity contribution in [2.24, 2.45) is 0 Å². The van der Waals surface area contributed by atoms with E-state index in [4.69, 9.17) is 4.74 Å². The molecule has 2 amide bonds. The number of carboxylic acids is 1. The van der Waals surface area contributed by atoms with E-state index in [1.54, 1.807) is 36.4 Å². The Hall–Kier alpha value is -3.76. The topological polar surface area (TPSA) is 112 Å². The maximum Gasteiger partial charge on any atom is 0.335 e. The van der Waals surface area contributed by atoms with Crippen LogP contribution in [0.2, 0.25) is 0 Å². The monoisotopic (exact) mass is 592 g/mol. The maximum atomic E-state index is 13.9. The lowest BCUT2D eigenvalue weighted by molar-refractivity contribution is -0.121. The summed E-state index contributed by atoms with van der Waals surface area (Å²) in [5.41, 5.74) is 3.88. The number of fused-ring (bicyclic) bond motifs is 1. The van der Waals surface area contributed by atoms with Crippen LogP contribution in [-0.2, 0) is 16.0 Å². The Kier molecular flexibility index (Phi) is 7.94. The summed E-state index contributed by atoms with van der Waals surface area (Å²) >= 11 is 3.38. The number of hydrogen-bond donors (Lipinski definition) is 2. The smallest absolute Gasteiger partial charge is 0.335 e. The average molecular weight is 593 g/mol. The van der Waals surface area contributed by atoms with Crippen molar-refractivity contribution in [3.8, 4) is 0 Å². The fourth-order valence-electron chi connectivity index (χ4n) is 5.38. The number of nitrogens with one attached hydrogen (secondary N) is 1. The van der Waals surface area contributed by atoms with Gasteiger partial charge in [-0.25, -0.2) is 4.79 Å². The van der Waals surface area contributed by atoms with Crippen LogP contribution in [0.3, 0.4) is 0 Å². The molecule has 3 heterocycles. The third-order valence-corrected chi connectivity index (χ3v) is 7.81. The number of benzene rings is 2. The first-order valence-electron chi connectivity index (χ1n) is 12.8. The Balaban J connectivity index is 1.50. The van der Waals surface area contributed by atoms with E-state index < -0.39 is 12.0 Å². The summed E-state index contributed by atoms with van der Waals surface area (Å²) < 4.78 is 6.21. The van der Waals surface area contributed by atoms with Crippen LogP contribution in [0.1, 0.15) is 50.7 Å². The van der Waals surface area contributed by atoms with E-state index in [1.165, 1.54) is 18.3 Å². The van der Waals surface area contributed by atoms with E-state index >= 15 is 0 Å². The molecule has 9 nitrogen and oxygen atoms in total. The molecule has 39 heavy (non-hydrogen) atoms. The van der Waals surface area contributed by atoms with Gasteiger partial charge in [-0.15, -0.1) is 0 Å². The number of carbonyl (C=O) groups excluding carboxylic acids is 2. The zero-order valence-electron chi connectivity index (χ0n) is 21.5. The van der Waals surface area contributed by atoms with Crippen LogP contribution in [0.25, 0.3) is 0 Å². The van der Waals surface area contributed by atoms with Gasteiger partial charge in [0.25, 0.3) is 11.8 Å². The number of carbonyl (C=O) groups is 3. The number of rotatable bonds is 6. The van der Waals surface area contributed by atoms with Gasteiger partial charge in [-0.05, 0) is 82.7 Å². The van der Waals surface area contributed by atoms with Gasteiger partial charge in [0.2, 0.25) is 0 Å². The molecule has 1 fully saturated rings. The number of aromatic nitrogens is 1. The van der Waals surface area contributed by atoms with Crippen molar-refractivity contribution in [1.29, 1.82) is 0 Å². The second-order valence-electron chi connectivity index (χ2n) is 9.68. The first-order valence-corrected chi connectivity index (χ1v) is 13.6. The summed E-state index contributed by atoms with van der Waals surface area (Å²) in [6.07, 6.45) is 5.82. The van der Waals surface area contributed by atoms with Crippen molar-refractivity contribution < 1.29 is 24.2 Å². The SMILES string of the molecule is COC1CCN(c2cccc3c2CCN(C(=O)c2cncc(Br)c2)C3C(=O)Nc2ccc(C(=O)O)cc2)CC1. The molecule has 2 aliphatic heterocycles. The van der Waals surface area contributed by atoms with Crippen LogP contribution in [0.5, 0.6) is 0 Å². The fraction of sp³-hybridized carbons (Fsp3) is 0.310. The second kappa shape index (κ2) is 11.5. The molecule has 1 atom stereocenters. The highest BCUT2D eigenvalue weighted by Gasteiger charge is 2.38. The van der Waals surface area contributed by atoms with Crippen LogP contribution in [0.4, 0.5) is 11.4 Å². The molecule has 2 aliphatic rings. The molecule has 0 spiro atoms. The third kappa shape index (κ3) is 5.67. The first kappa shape index (κ1) is 26.8. The lowest BCUT2D eigenvalue weighted by atomic mass is 9.89. The van der Waals surface area contributed by atoms with Gasteiger partial charge in [0, 0.05) is 55.0 Å². The number of ether oxygens (including phenoxy) is 1. The summed E-state index contributed by atoms with van der Waals surface area (Å²) in [5.74, 6) is -1.71. The lowest BCUT2D eigenvalue weighted by Crippen LogP contribution is -2.46. The average Bonchev–Trinajstić information content (AvgIpc) is 2.96. The lowest BCUT2D eigenvalue weighted by Gasteiger charge is -2.40. The Morgan fingerprint density at radius 3 is 2.44 bits per heavy atom. The van der Waals surface area contributed by atoms with E-state index in [1.807, 2.05) is 12.1 Å². The Morgan fingerprint density at radius 2 is 1.77 bits per heavy atom. The standard InChI is InChI=1S/C29H29BrN4O5/c1-39-22-9-12-33(13-10-22)25-4-2-3-24-23(25)11-14-34(28(36)19-15-20(30)17-31-16-19)26(24)27(35)32-21-7-5-18(6-8-21)29(37)38/h2-8,15-17,22,26H,9-14H2,1H3,(H,32,35)(H,37,38). The predicted octanol–water partition coefficient (Wildman–Crippen LogP) is 4.54. The second-order valence-corrected chi connectivity index (χ2v) is 10.6. The first-order chi connectivity index (χ1) is 18.9. The minimum atomic E-state index is -1.05. The summed E-state index contributed by atoms with van der Waals surface area (Å²) in [6.45, 7) is 2.07. The number of hydrogen-bond acceptors (Lipinski definition) is 6. The summed E-state index contributed by atoms with van der Waals surface area (Å²) in [6, 6.07) is 12.7. The highest BCUT2D eigenvalue weighted by molar-refractivity contribution is 9.10. The highest BCUT2D eigenvalue weighted by Crippen LogP contribution is 2.38. The molecule has 1 aromatic heterocycles. The maximum absolute atomic E-state index is 13.9. The van der Waals surface area contributed by atoms with Crippen molar-refractivity contribution >= 4 is 45.1 Å². The van der Waals surface area contributed by atoms with Crippen molar-refractivity contribution in [2.75, 3.05) is 37.0 Å². The number of halogens is 1. The molecule has 2 N–H and O–H groups in total. The Labute approximate surface area is 234 Å². The minimum Gasteiger partial charge on any atom is -0.478 e. The van der Waals surface area contributed by atoms with Crippen molar-refractivity contribution in [3.05, 3.63) is 87.7 Å². The molecule has 1 unspecified atom stereocenters. The molecular weight excluding hydrogens is 564 g/mol. The molecule has 0 radical (unpaired) electrons. The molecule has 0 saturated carbocycles. The zero-order chi connectivity index (χ0) is 27.5. The van der Waals surface area contributed by atoms with Crippen LogP contribution in [0, 0.1) is 0 Å². The number of carboxylic acid groups (broad SMARTS) is 1. The molecule has 0 aliphatic carbocycles. The quantitative estimate of drug-likeness (QED) is 0.432. The molecule has 2 aromatic carbocycles. The van der Waals surface area contributed by atoms with E-state index in [-0.39, 0.29) is 23.5 Å². The molecule has 10 heteroatoms. The number of methoxy groups -OCH3 is 1. The van der Waals surface area contributed by atoms with Crippen molar-refractivity contribution in [3.63, 3.8) is 0 Å². The molecule has 202 valence electrons. The Morgan fingerprint density at radius 1 is 1.03 bits per heavy atom. The number of pyridine rings is 1. The van der Waals surface area contributed by atoms with E-state index in [9.17, 15) is 19.5 Å². The normalized spacial score (nSPS) is 17.4. The highest BCUT2D eigenvalue weighted by atomic mass is 79.9. The molecule has 3 aromatic rings. The van der Waals surface area contributed by atoms with Crippen LogP contribution in [-0.4, -0.2) is 65.6 Å². The number of amides is 2. The summed E-state index contributed by atoms with van der Waals surface area (Å²) in [7, 11) is 1.75.